The zero-order valence-electron chi connectivity index (χ0n) is 12.4. The number of esters is 1. The molecule has 23 heavy (non-hydrogen) atoms. The normalized spacial score (nSPS) is 12.0. The molecule has 6 heteroatoms. The van der Waals surface area contributed by atoms with Crippen LogP contribution in [-0.4, -0.2) is 18.0 Å². The molecule has 0 fully saturated rings. The topological polar surface area (TPSA) is 81.7 Å². The summed E-state index contributed by atoms with van der Waals surface area (Å²) in [7, 11) is 0. The van der Waals surface area contributed by atoms with E-state index in [0.717, 1.165) is 5.39 Å². The molecule has 1 atom stereocenters. The Morgan fingerprint density at radius 2 is 2.04 bits per heavy atom. The van der Waals surface area contributed by atoms with Gasteiger partial charge in [0.05, 0.1) is 12.8 Å². The van der Waals surface area contributed by atoms with Crippen molar-refractivity contribution in [2.75, 3.05) is 0 Å². The predicted molar refractivity (Wildman–Crippen MR) is 81.6 cm³/mol. The van der Waals surface area contributed by atoms with Crippen molar-refractivity contribution < 1.29 is 23.2 Å². The third-order valence-electron chi connectivity index (χ3n) is 3.30. The van der Waals surface area contributed by atoms with Gasteiger partial charge in [0, 0.05) is 5.39 Å². The van der Waals surface area contributed by atoms with Crippen molar-refractivity contribution in [2.24, 2.45) is 0 Å². The van der Waals surface area contributed by atoms with Crippen LogP contribution in [0.4, 0.5) is 0 Å². The smallest absolute Gasteiger partial charge is 0.375 e. The van der Waals surface area contributed by atoms with E-state index in [1.54, 1.807) is 24.3 Å². The third-order valence-corrected chi connectivity index (χ3v) is 3.30. The van der Waals surface area contributed by atoms with E-state index in [-0.39, 0.29) is 12.3 Å². The maximum Gasteiger partial charge on any atom is 0.375 e. The molecule has 0 aliphatic carbocycles. The highest BCUT2D eigenvalue weighted by Crippen LogP contribution is 2.19. The van der Waals surface area contributed by atoms with Crippen LogP contribution in [0, 0.1) is 0 Å². The van der Waals surface area contributed by atoms with E-state index >= 15 is 0 Å². The minimum absolute atomic E-state index is 0.0666. The molecule has 3 aromatic rings. The average molecular weight is 313 g/mol. The highest BCUT2D eigenvalue weighted by molar-refractivity contribution is 5.94. The lowest BCUT2D eigenvalue weighted by molar-refractivity contribution is -0.129. The third kappa shape index (κ3) is 3.42. The Morgan fingerprint density at radius 3 is 2.78 bits per heavy atom. The fraction of sp³-hybridized carbons (Fsp3) is 0.176. The quantitative estimate of drug-likeness (QED) is 0.732. The molecule has 1 unspecified atom stereocenters. The van der Waals surface area contributed by atoms with Gasteiger partial charge in [-0.05, 0) is 31.2 Å². The van der Waals surface area contributed by atoms with Crippen molar-refractivity contribution in [3.05, 3.63) is 60.2 Å². The maximum absolute atomic E-state index is 12.0. The van der Waals surface area contributed by atoms with E-state index < -0.39 is 18.0 Å². The monoisotopic (exact) mass is 313 g/mol. The number of hydrogen-bond donors (Lipinski definition) is 1. The summed E-state index contributed by atoms with van der Waals surface area (Å²) in [6.45, 7) is 1.73. The molecule has 0 saturated carbocycles. The van der Waals surface area contributed by atoms with Crippen LogP contribution in [0.15, 0.2) is 57.6 Å². The molecule has 2 aromatic heterocycles. The number of benzene rings is 1. The lowest BCUT2D eigenvalue weighted by Crippen LogP contribution is -2.35. The number of hydrogen-bond acceptors (Lipinski definition) is 5. The van der Waals surface area contributed by atoms with Crippen LogP contribution in [0.25, 0.3) is 11.0 Å². The molecule has 1 amide bonds. The lowest BCUT2D eigenvalue weighted by Gasteiger charge is -2.11. The Balaban J connectivity index is 1.58. The van der Waals surface area contributed by atoms with Gasteiger partial charge in [-0.3, -0.25) is 4.79 Å². The first kappa shape index (κ1) is 14.9. The van der Waals surface area contributed by atoms with Gasteiger partial charge in [0.1, 0.15) is 11.3 Å². The Labute approximate surface area is 132 Å². The molecule has 2 heterocycles. The molecule has 0 saturated heterocycles. The van der Waals surface area contributed by atoms with Crippen LogP contribution in [-0.2, 0) is 16.1 Å². The highest BCUT2D eigenvalue weighted by atomic mass is 16.6. The van der Waals surface area contributed by atoms with Gasteiger partial charge < -0.3 is 18.9 Å². The van der Waals surface area contributed by atoms with E-state index in [4.69, 9.17) is 13.6 Å². The SMILES string of the molecule is CC(OC(=O)c1cc2ccccc2o1)C(=O)NCc1ccco1. The minimum atomic E-state index is -0.939. The summed E-state index contributed by atoms with van der Waals surface area (Å²) in [5, 5.41) is 3.43. The van der Waals surface area contributed by atoms with Gasteiger partial charge in [-0.1, -0.05) is 18.2 Å². The number of para-hydroxylation sites is 1. The highest BCUT2D eigenvalue weighted by Gasteiger charge is 2.21. The first-order valence-corrected chi connectivity index (χ1v) is 7.13. The van der Waals surface area contributed by atoms with Gasteiger partial charge in [0.2, 0.25) is 5.76 Å². The Morgan fingerprint density at radius 1 is 1.22 bits per heavy atom. The van der Waals surface area contributed by atoms with Crippen molar-refractivity contribution in [1.29, 1.82) is 0 Å². The molecule has 0 spiro atoms. The van der Waals surface area contributed by atoms with Crippen LogP contribution < -0.4 is 5.32 Å². The van der Waals surface area contributed by atoms with Crippen molar-refractivity contribution in [3.63, 3.8) is 0 Å². The number of rotatable bonds is 5. The van der Waals surface area contributed by atoms with Gasteiger partial charge in [0.15, 0.2) is 6.10 Å². The summed E-state index contributed by atoms with van der Waals surface area (Å²) in [4.78, 5) is 24.0. The first-order chi connectivity index (χ1) is 11.1. The Hall–Kier alpha value is -3.02. The number of carbonyl (C=O) groups is 2. The van der Waals surface area contributed by atoms with Crippen LogP contribution in [0.2, 0.25) is 0 Å². The molecule has 118 valence electrons. The Bertz CT molecular complexity index is 786. The standard InChI is InChI=1S/C17H15NO5/c1-11(16(19)18-10-13-6-4-8-21-13)22-17(20)15-9-12-5-2-3-7-14(12)23-15/h2-9,11H,10H2,1H3,(H,18,19). The molecular weight excluding hydrogens is 298 g/mol. The molecule has 0 aliphatic heterocycles. The second-order valence-electron chi connectivity index (χ2n) is 4.99. The van der Waals surface area contributed by atoms with Gasteiger partial charge in [-0.15, -0.1) is 0 Å². The number of nitrogens with one attached hydrogen (secondary N) is 1. The Kier molecular flexibility index (Phi) is 4.14. The molecule has 6 nitrogen and oxygen atoms in total. The summed E-state index contributed by atoms with van der Waals surface area (Å²) in [6.07, 6.45) is 0.581. The fourth-order valence-corrected chi connectivity index (χ4v) is 2.09. The fourth-order valence-electron chi connectivity index (χ4n) is 2.09. The number of amides is 1. The molecule has 0 bridgehead atoms. The minimum Gasteiger partial charge on any atom is -0.467 e. The number of carbonyl (C=O) groups excluding carboxylic acids is 2. The van der Waals surface area contributed by atoms with E-state index in [0.29, 0.717) is 11.3 Å². The summed E-state index contributed by atoms with van der Waals surface area (Å²) in [5.41, 5.74) is 0.592. The van der Waals surface area contributed by atoms with E-state index in [2.05, 4.69) is 5.32 Å². The van der Waals surface area contributed by atoms with Crippen LogP contribution >= 0.6 is 0 Å². The molecule has 1 aromatic carbocycles. The summed E-state index contributed by atoms with van der Waals surface area (Å²) in [6, 6.07) is 12.3. The zero-order chi connectivity index (χ0) is 16.2. The van der Waals surface area contributed by atoms with Gasteiger partial charge >= 0.3 is 5.97 Å². The van der Waals surface area contributed by atoms with Crippen molar-refractivity contribution in [2.45, 2.75) is 19.6 Å². The van der Waals surface area contributed by atoms with Crippen molar-refractivity contribution >= 4 is 22.8 Å². The van der Waals surface area contributed by atoms with Crippen molar-refractivity contribution in [3.8, 4) is 0 Å². The molecule has 3 rings (SSSR count). The van der Waals surface area contributed by atoms with Gasteiger partial charge in [0.25, 0.3) is 5.91 Å². The van der Waals surface area contributed by atoms with E-state index in [1.807, 2.05) is 18.2 Å². The molecule has 1 N–H and O–H groups in total. The second kappa shape index (κ2) is 6.39. The lowest BCUT2D eigenvalue weighted by atomic mass is 10.2. The largest absolute Gasteiger partial charge is 0.467 e. The van der Waals surface area contributed by atoms with E-state index in [9.17, 15) is 9.59 Å². The average Bonchev–Trinajstić information content (AvgIpc) is 3.21. The van der Waals surface area contributed by atoms with E-state index in [1.165, 1.54) is 13.2 Å². The number of fused-ring (bicyclic) bond motifs is 1. The van der Waals surface area contributed by atoms with Crippen LogP contribution in [0.3, 0.4) is 0 Å². The summed E-state index contributed by atoms with van der Waals surface area (Å²) in [5.74, 6) is -0.404. The number of furan rings is 2. The van der Waals surface area contributed by atoms with Crippen LogP contribution in [0.5, 0.6) is 0 Å². The zero-order valence-corrected chi connectivity index (χ0v) is 12.4. The number of ether oxygens (including phenoxy) is 1. The molecule has 0 aliphatic rings. The summed E-state index contributed by atoms with van der Waals surface area (Å²) >= 11 is 0. The van der Waals surface area contributed by atoms with Gasteiger partial charge in [-0.25, -0.2) is 4.79 Å². The second-order valence-corrected chi connectivity index (χ2v) is 4.99. The maximum atomic E-state index is 12.0. The molecular formula is C17H15NO5. The molecule has 0 radical (unpaired) electrons. The van der Waals surface area contributed by atoms with Crippen molar-refractivity contribution in [1.82, 2.24) is 5.32 Å². The van der Waals surface area contributed by atoms with Crippen LogP contribution in [0.1, 0.15) is 23.2 Å². The summed E-state index contributed by atoms with van der Waals surface area (Å²) < 4.78 is 15.6. The van der Waals surface area contributed by atoms with Gasteiger partial charge in [-0.2, -0.15) is 0 Å². The first-order valence-electron chi connectivity index (χ1n) is 7.13. The predicted octanol–water partition coefficient (Wildman–Crippen LogP) is 2.89.